The molecule has 2 atom stereocenters. The highest BCUT2D eigenvalue weighted by molar-refractivity contribution is 5.74. The van der Waals surface area contributed by atoms with Crippen LogP contribution in [0, 0.1) is 5.92 Å². The van der Waals surface area contributed by atoms with Crippen LogP contribution in [0.25, 0.3) is 0 Å². The molecule has 4 nitrogen and oxygen atoms in total. The molecule has 0 bridgehead atoms. The molecule has 2 N–H and O–H groups in total. The highest BCUT2D eigenvalue weighted by Crippen LogP contribution is 2.23. The van der Waals surface area contributed by atoms with E-state index >= 15 is 0 Å². The third-order valence-electron chi connectivity index (χ3n) is 4.06. The number of nitrogens with one attached hydrogen (secondary N) is 2. The minimum atomic E-state index is -0.0883. The first kappa shape index (κ1) is 14.7. The lowest BCUT2D eigenvalue weighted by Crippen LogP contribution is -2.45. The number of rotatable bonds is 4. The summed E-state index contributed by atoms with van der Waals surface area (Å²) in [7, 11) is 1.64. The van der Waals surface area contributed by atoms with Crippen molar-refractivity contribution in [1.82, 2.24) is 10.6 Å². The standard InChI is InChI=1S/C16H24N2O2/c1-12-7-3-5-9-14(12)18-16(19)17-11-13-8-4-6-10-15(13)20-2/h4,6,8,10,12,14H,3,5,7,9,11H2,1-2H3,(H2,17,18,19)/t12-,14-/m0/s1. The molecule has 4 heteroatoms. The topological polar surface area (TPSA) is 50.4 Å². The monoisotopic (exact) mass is 276 g/mol. The van der Waals surface area contributed by atoms with E-state index in [9.17, 15) is 4.79 Å². The Morgan fingerprint density at radius 2 is 2.05 bits per heavy atom. The minimum absolute atomic E-state index is 0.0883. The van der Waals surface area contributed by atoms with Crippen molar-refractivity contribution in [3.63, 3.8) is 0 Å². The van der Waals surface area contributed by atoms with E-state index < -0.39 is 0 Å². The fraction of sp³-hybridized carbons (Fsp3) is 0.562. The second-order valence-electron chi connectivity index (χ2n) is 5.51. The molecule has 1 saturated carbocycles. The molecule has 1 aliphatic carbocycles. The molecule has 0 aromatic heterocycles. The van der Waals surface area contributed by atoms with Gasteiger partial charge in [-0.25, -0.2) is 4.79 Å². The third-order valence-corrected chi connectivity index (χ3v) is 4.06. The maximum atomic E-state index is 12.0. The Bertz CT molecular complexity index is 448. The van der Waals surface area contributed by atoms with Gasteiger partial charge >= 0.3 is 6.03 Å². The van der Waals surface area contributed by atoms with Crippen molar-refractivity contribution in [1.29, 1.82) is 0 Å². The maximum Gasteiger partial charge on any atom is 0.315 e. The lowest BCUT2D eigenvalue weighted by atomic mass is 9.86. The second-order valence-corrected chi connectivity index (χ2v) is 5.51. The summed E-state index contributed by atoms with van der Waals surface area (Å²) in [6.07, 6.45) is 4.78. The number of hydrogen-bond donors (Lipinski definition) is 2. The van der Waals surface area contributed by atoms with Crippen molar-refractivity contribution < 1.29 is 9.53 Å². The van der Waals surface area contributed by atoms with E-state index in [4.69, 9.17) is 4.74 Å². The molecule has 0 unspecified atom stereocenters. The fourth-order valence-corrected chi connectivity index (χ4v) is 2.77. The predicted molar refractivity (Wildman–Crippen MR) is 79.8 cm³/mol. The van der Waals surface area contributed by atoms with E-state index in [1.165, 1.54) is 19.3 Å². The first-order valence-corrected chi connectivity index (χ1v) is 7.37. The Hall–Kier alpha value is -1.71. The highest BCUT2D eigenvalue weighted by atomic mass is 16.5. The zero-order valence-corrected chi connectivity index (χ0v) is 12.3. The molecule has 1 aromatic rings. The van der Waals surface area contributed by atoms with E-state index in [0.29, 0.717) is 18.5 Å². The minimum Gasteiger partial charge on any atom is -0.496 e. The summed E-state index contributed by atoms with van der Waals surface area (Å²) in [5, 5.41) is 6.00. The quantitative estimate of drug-likeness (QED) is 0.888. The summed E-state index contributed by atoms with van der Waals surface area (Å²) in [5.41, 5.74) is 0.988. The zero-order valence-electron chi connectivity index (χ0n) is 12.3. The molecule has 0 heterocycles. The van der Waals surface area contributed by atoms with Crippen LogP contribution in [0.4, 0.5) is 4.79 Å². The first-order valence-electron chi connectivity index (χ1n) is 7.37. The van der Waals surface area contributed by atoms with Crippen LogP contribution in [-0.4, -0.2) is 19.2 Å². The fourth-order valence-electron chi connectivity index (χ4n) is 2.77. The Labute approximate surface area is 120 Å². The number of methoxy groups -OCH3 is 1. The summed E-state index contributed by atoms with van der Waals surface area (Å²) in [4.78, 5) is 12.0. The number of carbonyl (C=O) groups is 1. The van der Waals surface area contributed by atoms with Crippen molar-refractivity contribution in [2.75, 3.05) is 7.11 Å². The summed E-state index contributed by atoms with van der Waals surface area (Å²) >= 11 is 0. The van der Waals surface area contributed by atoms with Crippen LogP contribution in [0.1, 0.15) is 38.2 Å². The van der Waals surface area contributed by atoms with Gasteiger partial charge in [0, 0.05) is 18.2 Å². The lowest BCUT2D eigenvalue weighted by Gasteiger charge is -2.29. The average Bonchev–Trinajstić information content (AvgIpc) is 2.48. The number of benzene rings is 1. The van der Waals surface area contributed by atoms with Crippen LogP contribution in [0.3, 0.4) is 0 Å². The molecule has 2 rings (SSSR count). The molecule has 110 valence electrons. The number of urea groups is 1. The van der Waals surface area contributed by atoms with Crippen LogP contribution in [0.15, 0.2) is 24.3 Å². The van der Waals surface area contributed by atoms with Gasteiger partial charge in [0.05, 0.1) is 7.11 Å². The Morgan fingerprint density at radius 3 is 2.80 bits per heavy atom. The summed E-state index contributed by atoms with van der Waals surface area (Å²) in [5.74, 6) is 1.37. The molecule has 1 aromatic carbocycles. The molecule has 0 radical (unpaired) electrons. The number of hydrogen-bond acceptors (Lipinski definition) is 2. The van der Waals surface area contributed by atoms with E-state index in [0.717, 1.165) is 17.7 Å². The van der Waals surface area contributed by atoms with E-state index in [1.807, 2.05) is 24.3 Å². The molecule has 0 saturated heterocycles. The van der Waals surface area contributed by atoms with Gasteiger partial charge in [-0.1, -0.05) is 38.0 Å². The number of ether oxygens (including phenoxy) is 1. The Morgan fingerprint density at radius 1 is 1.30 bits per heavy atom. The predicted octanol–water partition coefficient (Wildman–Crippen LogP) is 3.07. The molecule has 0 aliphatic heterocycles. The lowest BCUT2D eigenvalue weighted by molar-refractivity contribution is 0.221. The van der Waals surface area contributed by atoms with E-state index in [1.54, 1.807) is 7.11 Å². The molecular weight excluding hydrogens is 252 g/mol. The summed E-state index contributed by atoms with van der Waals surface area (Å²) in [6.45, 7) is 2.70. The summed E-state index contributed by atoms with van der Waals surface area (Å²) in [6, 6.07) is 7.95. The van der Waals surface area contributed by atoms with Crippen LogP contribution < -0.4 is 15.4 Å². The Kier molecular flexibility index (Phi) is 5.27. The normalized spacial score (nSPS) is 22.1. The molecular formula is C16H24N2O2. The van der Waals surface area contributed by atoms with E-state index in [-0.39, 0.29) is 6.03 Å². The average molecular weight is 276 g/mol. The molecule has 0 spiro atoms. The number of para-hydroxylation sites is 1. The maximum absolute atomic E-state index is 12.0. The summed E-state index contributed by atoms with van der Waals surface area (Å²) < 4.78 is 5.27. The highest BCUT2D eigenvalue weighted by Gasteiger charge is 2.22. The van der Waals surface area contributed by atoms with Gasteiger partial charge in [-0.15, -0.1) is 0 Å². The SMILES string of the molecule is COc1ccccc1CNC(=O)N[C@H]1CCCC[C@@H]1C. The van der Waals surface area contributed by atoms with Gasteiger partial charge in [-0.05, 0) is 24.8 Å². The molecule has 1 fully saturated rings. The smallest absolute Gasteiger partial charge is 0.315 e. The van der Waals surface area contributed by atoms with Gasteiger partial charge in [-0.2, -0.15) is 0 Å². The molecule has 2 amide bonds. The van der Waals surface area contributed by atoms with Gasteiger partial charge < -0.3 is 15.4 Å². The van der Waals surface area contributed by atoms with Crippen molar-refractivity contribution in [3.05, 3.63) is 29.8 Å². The van der Waals surface area contributed by atoms with Crippen LogP contribution >= 0.6 is 0 Å². The van der Waals surface area contributed by atoms with Crippen molar-refractivity contribution in [2.24, 2.45) is 5.92 Å². The van der Waals surface area contributed by atoms with Crippen LogP contribution in [-0.2, 0) is 6.54 Å². The number of carbonyl (C=O) groups excluding carboxylic acids is 1. The molecule has 20 heavy (non-hydrogen) atoms. The van der Waals surface area contributed by atoms with Crippen LogP contribution in [0.5, 0.6) is 5.75 Å². The Balaban J connectivity index is 1.82. The van der Waals surface area contributed by atoms with Gasteiger partial charge in [-0.3, -0.25) is 0 Å². The second kappa shape index (κ2) is 7.17. The van der Waals surface area contributed by atoms with Crippen LogP contribution in [0.2, 0.25) is 0 Å². The third kappa shape index (κ3) is 3.89. The van der Waals surface area contributed by atoms with Gasteiger partial charge in [0.1, 0.15) is 5.75 Å². The van der Waals surface area contributed by atoms with Gasteiger partial charge in [0.2, 0.25) is 0 Å². The van der Waals surface area contributed by atoms with Gasteiger partial charge in [0.25, 0.3) is 0 Å². The largest absolute Gasteiger partial charge is 0.496 e. The van der Waals surface area contributed by atoms with Crippen molar-refractivity contribution >= 4 is 6.03 Å². The first-order chi connectivity index (χ1) is 9.70. The van der Waals surface area contributed by atoms with Crippen molar-refractivity contribution in [3.8, 4) is 5.75 Å². The number of amides is 2. The van der Waals surface area contributed by atoms with Crippen molar-refractivity contribution in [2.45, 2.75) is 45.2 Å². The zero-order chi connectivity index (χ0) is 14.4. The van der Waals surface area contributed by atoms with Gasteiger partial charge in [0.15, 0.2) is 0 Å². The molecule has 1 aliphatic rings. The van der Waals surface area contributed by atoms with E-state index in [2.05, 4.69) is 17.6 Å².